The zero-order chi connectivity index (χ0) is 24.5. The molecule has 10 nitrogen and oxygen atoms in total. The highest BCUT2D eigenvalue weighted by atomic mass is 32.2. The number of esters is 1. The second-order valence-corrected chi connectivity index (χ2v) is 8.69. The Morgan fingerprint density at radius 2 is 1.97 bits per heavy atom. The van der Waals surface area contributed by atoms with Gasteiger partial charge in [-0.05, 0) is 38.1 Å². The predicted octanol–water partition coefficient (Wildman–Crippen LogP) is 3.72. The first-order valence-corrected chi connectivity index (χ1v) is 12.1. The number of anilines is 1. The molecule has 0 saturated heterocycles. The van der Waals surface area contributed by atoms with Gasteiger partial charge in [0.25, 0.3) is 0 Å². The van der Waals surface area contributed by atoms with Gasteiger partial charge in [0.05, 0.1) is 25.2 Å². The van der Waals surface area contributed by atoms with E-state index in [1.807, 2.05) is 16.7 Å². The lowest BCUT2D eigenvalue weighted by Crippen LogP contribution is -2.15. The molecule has 0 fully saturated rings. The first-order valence-electron chi connectivity index (χ1n) is 10.3. The Bertz CT molecular complexity index is 1140. The van der Waals surface area contributed by atoms with Gasteiger partial charge in [-0.3, -0.25) is 9.36 Å². The molecule has 0 aliphatic heterocycles. The molecule has 1 amide bonds. The summed E-state index contributed by atoms with van der Waals surface area (Å²) in [7, 11) is 1.60. The minimum atomic E-state index is -0.450. The second-order valence-electron chi connectivity index (χ2n) is 6.75. The van der Waals surface area contributed by atoms with E-state index in [-0.39, 0.29) is 24.9 Å². The number of carbonyl (C=O) groups excluding carboxylic acids is 2. The number of aryl methyl sites for hydroxylation is 1. The number of aromatic nitrogens is 4. The van der Waals surface area contributed by atoms with Gasteiger partial charge in [-0.1, -0.05) is 29.2 Å². The Hall–Kier alpha value is -3.38. The van der Waals surface area contributed by atoms with E-state index >= 15 is 0 Å². The lowest BCUT2D eigenvalue weighted by molar-refractivity contribution is -0.113. The zero-order valence-electron chi connectivity index (χ0n) is 19.1. The number of allylic oxidation sites excluding steroid dienone is 1. The van der Waals surface area contributed by atoms with E-state index < -0.39 is 5.97 Å². The standard InChI is InChI=1S/C22H25N5O5S2/c1-5-11-27-17(12-32-16-9-7-15(30-4)8-10-16)25-26-22(27)33-13-18(28)24-21-23-14(3)19(34-21)20(29)31-6-2/h5,7-10H,1,6,11-13H2,2-4H3,(H,23,24,28). The topological polar surface area (TPSA) is 117 Å². The van der Waals surface area contributed by atoms with Crippen LogP contribution in [-0.2, 0) is 22.7 Å². The summed E-state index contributed by atoms with van der Waals surface area (Å²) >= 11 is 2.31. The molecule has 0 radical (unpaired) electrons. The second kappa shape index (κ2) is 12.2. The van der Waals surface area contributed by atoms with Crippen molar-refractivity contribution in [1.82, 2.24) is 19.7 Å². The molecule has 3 rings (SSSR count). The number of rotatable bonds is 12. The van der Waals surface area contributed by atoms with Crippen LogP contribution in [0.4, 0.5) is 5.13 Å². The molecule has 2 aromatic heterocycles. The van der Waals surface area contributed by atoms with Crippen molar-refractivity contribution in [1.29, 1.82) is 0 Å². The maximum absolute atomic E-state index is 12.4. The van der Waals surface area contributed by atoms with E-state index in [1.165, 1.54) is 11.8 Å². The van der Waals surface area contributed by atoms with Crippen LogP contribution in [0, 0.1) is 6.92 Å². The van der Waals surface area contributed by atoms with Gasteiger partial charge in [0, 0.05) is 6.54 Å². The van der Waals surface area contributed by atoms with Crippen LogP contribution in [0.15, 0.2) is 42.1 Å². The summed E-state index contributed by atoms with van der Waals surface area (Å²) in [4.78, 5) is 29.0. The van der Waals surface area contributed by atoms with Crippen molar-refractivity contribution >= 4 is 40.1 Å². The molecular weight excluding hydrogens is 478 g/mol. The van der Waals surface area contributed by atoms with Crippen LogP contribution in [0.2, 0.25) is 0 Å². The fourth-order valence-electron chi connectivity index (χ4n) is 2.79. The fraction of sp³-hybridized carbons (Fsp3) is 0.318. The van der Waals surface area contributed by atoms with Gasteiger partial charge in [-0.25, -0.2) is 9.78 Å². The Balaban J connectivity index is 1.59. The van der Waals surface area contributed by atoms with Crippen molar-refractivity contribution in [3.63, 3.8) is 0 Å². The molecule has 2 heterocycles. The zero-order valence-corrected chi connectivity index (χ0v) is 20.7. The van der Waals surface area contributed by atoms with E-state index in [1.54, 1.807) is 39.2 Å². The van der Waals surface area contributed by atoms with Crippen molar-refractivity contribution in [3.8, 4) is 11.5 Å². The quantitative estimate of drug-likeness (QED) is 0.224. The van der Waals surface area contributed by atoms with Crippen LogP contribution in [-0.4, -0.2) is 51.1 Å². The van der Waals surface area contributed by atoms with E-state index in [0.717, 1.165) is 17.1 Å². The average Bonchev–Trinajstić information content (AvgIpc) is 3.39. The Kier molecular flexibility index (Phi) is 9.05. The highest BCUT2D eigenvalue weighted by Crippen LogP contribution is 2.25. The summed E-state index contributed by atoms with van der Waals surface area (Å²) < 4.78 is 17.8. The first-order chi connectivity index (χ1) is 16.4. The SMILES string of the molecule is C=CCn1c(COc2ccc(OC)cc2)nnc1SCC(=O)Nc1nc(C)c(C(=O)OCC)s1. The highest BCUT2D eigenvalue weighted by molar-refractivity contribution is 7.99. The van der Waals surface area contributed by atoms with Crippen molar-refractivity contribution in [3.05, 3.63) is 53.3 Å². The van der Waals surface area contributed by atoms with Crippen LogP contribution in [0.1, 0.15) is 28.1 Å². The fourth-order valence-corrected chi connectivity index (χ4v) is 4.43. The van der Waals surface area contributed by atoms with Crippen molar-refractivity contribution in [2.24, 2.45) is 0 Å². The third kappa shape index (κ3) is 6.58. The van der Waals surface area contributed by atoms with Crippen molar-refractivity contribution in [2.45, 2.75) is 32.2 Å². The molecule has 0 spiro atoms. The van der Waals surface area contributed by atoms with Crippen LogP contribution < -0.4 is 14.8 Å². The maximum atomic E-state index is 12.4. The number of hydrogen-bond donors (Lipinski definition) is 1. The molecule has 0 aliphatic carbocycles. The number of thioether (sulfide) groups is 1. The molecule has 0 saturated carbocycles. The molecular formula is C22H25N5O5S2. The number of benzene rings is 1. The molecule has 3 aromatic rings. The van der Waals surface area contributed by atoms with Gasteiger partial charge >= 0.3 is 5.97 Å². The lowest BCUT2D eigenvalue weighted by atomic mass is 10.3. The van der Waals surface area contributed by atoms with Gasteiger partial charge in [0.15, 0.2) is 16.1 Å². The van der Waals surface area contributed by atoms with Gasteiger partial charge in [-0.2, -0.15) is 0 Å². The summed E-state index contributed by atoms with van der Waals surface area (Å²) in [5.74, 6) is 1.37. The molecule has 0 atom stereocenters. The summed E-state index contributed by atoms with van der Waals surface area (Å²) in [6, 6.07) is 7.23. The maximum Gasteiger partial charge on any atom is 0.350 e. The number of amides is 1. The normalized spacial score (nSPS) is 10.6. The molecule has 0 aliphatic rings. The molecule has 0 unspecified atom stereocenters. The van der Waals surface area contributed by atoms with E-state index in [9.17, 15) is 9.59 Å². The van der Waals surface area contributed by atoms with E-state index in [0.29, 0.717) is 39.0 Å². The van der Waals surface area contributed by atoms with Gasteiger partial charge in [0.2, 0.25) is 5.91 Å². The Labute approximate surface area is 205 Å². The molecule has 1 N–H and O–H groups in total. The lowest BCUT2D eigenvalue weighted by Gasteiger charge is -2.09. The van der Waals surface area contributed by atoms with E-state index in [2.05, 4.69) is 27.1 Å². The number of hydrogen-bond acceptors (Lipinski definition) is 10. The number of thiazole rings is 1. The number of ether oxygens (including phenoxy) is 3. The number of nitrogens with zero attached hydrogens (tertiary/aromatic N) is 4. The summed E-state index contributed by atoms with van der Waals surface area (Å²) in [6.45, 7) is 8.15. The number of carbonyl (C=O) groups is 2. The van der Waals surface area contributed by atoms with Gasteiger partial charge < -0.3 is 19.5 Å². The largest absolute Gasteiger partial charge is 0.497 e. The third-order valence-corrected chi connectivity index (χ3v) is 6.39. The molecule has 12 heteroatoms. The van der Waals surface area contributed by atoms with Crippen molar-refractivity contribution in [2.75, 3.05) is 24.8 Å². The Morgan fingerprint density at radius 3 is 2.65 bits per heavy atom. The highest BCUT2D eigenvalue weighted by Gasteiger charge is 2.19. The smallest absolute Gasteiger partial charge is 0.350 e. The minimum Gasteiger partial charge on any atom is -0.497 e. The molecule has 34 heavy (non-hydrogen) atoms. The minimum absolute atomic E-state index is 0.0853. The van der Waals surface area contributed by atoms with Crippen LogP contribution >= 0.6 is 23.1 Å². The van der Waals surface area contributed by atoms with Crippen LogP contribution in [0.5, 0.6) is 11.5 Å². The van der Waals surface area contributed by atoms with E-state index in [4.69, 9.17) is 14.2 Å². The monoisotopic (exact) mass is 503 g/mol. The number of methoxy groups -OCH3 is 1. The average molecular weight is 504 g/mol. The summed E-state index contributed by atoms with van der Waals surface area (Å²) in [6.07, 6.45) is 1.72. The van der Waals surface area contributed by atoms with Gasteiger partial charge in [-0.15, -0.1) is 16.8 Å². The van der Waals surface area contributed by atoms with Crippen molar-refractivity contribution < 1.29 is 23.8 Å². The van der Waals surface area contributed by atoms with Crippen LogP contribution in [0.3, 0.4) is 0 Å². The number of nitrogens with one attached hydrogen (secondary N) is 1. The molecule has 0 bridgehead atoms. The summed E-state index contributed by atoms with van der Waals surface area (Å²) in [5, 5.41) is 12.0. The van der Waals surface area contributed by atoms with Gasteiger partial charge in [0.1, 0.15) is 23.0 Å². The third-order valence-electron chi connectivity index (χ3n) is 4.37. The van der Waals surface area contributed by atoms with Crippen LogP contribution in [0.25, 0.3) is 0 Å². The first kappa shape index (κ1) is 25.2. The Morgan fingerprint density at radius 1 is 1.24 bits per heavy atom. The predicted molar refractivity (Wildman–Crippen MR) is 130 cm³/mol. The summed E-state index contributed by atoms with van der Waals surface area (Å²) in [5.41, 5.74) is 0.513. The molecule has 180 valence electrons. The molecule has 1 aromatic carbocycles.